The molecule has 0 amide bonds. The van der Waals surface area contributed by atoms with Crippen LogP contribution in [-0.4, -0.2) is 0 Å². The lowest BCUT2D eigenvalue weighted by Crippen LogP contribution is -2.10. The molecule has 0 atom stereocenters. The molecule has 0 aliphatic heterocycles. The Balaban J connectivity index is 0.987. The second-order valence-corrected chi connectivity index (χ2v) is 16.0. The van der Waals surface area contributed by atoms with Crippen LogP contribution in [0.25, 0.3) is 98.8 Å². The van der Waals surface area contributed by atoms with Crippen molar-refractivity contribution in [2.45, 2.75) is 0 Å². The van der Waals surface area contributed by atoms with Gasteiger partial charge < -0.3 is 9.32 Å². The standard InChI is InChI=1S/C60H39NO/c1-2-14-41(15-3-1)51-37-32-42-16-4-7-21-50(42)59(51)43-30-35-48(36-31-43)61(57-39-46-17-5-6-20-49(46)53-22-8-9-23-54(53)57)47-33-28-40(29-34-47)44-18-12-19-45(38-44)52-25-13-26-56-55-24-10-11-27-58(55)62-60(52)56/h1-39H. The van der Waals surface area contributed by atoms with E-state index in [4.69, 9.17) is 4.42 Å². The molecule has 290 valence electrons. The number of benzene rings is 11. The fourth-order valence-electron chi connectivity index (χ4n) is 9.51. The van der Waals surface area contributed by atoms with Gasteiger partial charge in [0.1, 0.15) is 11.2 Å². The van der Waals surface area contributed by atoms with Gasteiger partial charge in [-0.2, -0.15) is 0 Å². The van der Waals surface area contributed by atoms with Crippen LogP contribution in [0.15, 0.2) is 241 Å². The molecule has 0 aliphatic rings. The summed E-state index contributed by atoms with van der Waals surface area (Å²) in [5, 5.41) is 9.64. The maximum absolute atomic E-state index is 6.44. The van der Waals surface area contributed by atoms with Gasteiger partial charge in [-0.25, -0.2) is 0 Å². The second-order valence-electron chi connectivity index (χ2n) is 16.0. The molecule has 2 heteroatoms. The molecule has 0 bridgehead atoms. The first-order valence-electron chi connectivity index (χ1n) is 21.2. The fraction of sp³-hybridized carbons (Fsp3) is 0. The summed E-state index contributed by atoms with van der Waals surface area (Å²) in [7, 11) is 0. The minimum absolute atomic E-state index is 0.908. The van der Waals surface area contributed by atoms with E-state index in [1.807, 2.05) is 12.1 Å². The van der Waals surface area contributed by atoms with E-state index in [1.165, 1.54) is 54.6 Å². The fourth-order valence-corrected chi connectivity index (χ4v) is 9.51. The number of hydrogen-bond donors (Lipinski definition) is 0. The highest BCUT2D eigenvalue weighted by Crippen LogP contribution is 2.45. The molecule has 0 aliphatic carbocycles. The van der Waals surface area contributed by atoms with Crippen molar-refractivity contribution in [2.75, 3.05) is 4.90 Å². The van der Waals surface area contributed by atoms with E-state index in [0.717, 1.165) is 61.3 Å². The lowest BCUT2D eigenvalue weighted by Gasteiger charge is -2.28. The molecule has 0 fully saturated rings. The van der Waals surface area contributed by atoms with Crippen molar-refractivity contribution in [3.63, 3.8) is 0 Å². The third-order valence-corrected chi connectivity index (χ3v) is 12.5. The van der Waals surface area contributed by atoms with Crippen LogP contribution < -0.4 is 4.90 Å². The Kier molecular flexibility index (Phi) is 8.53. The summed E-state index contributed by atoms with van der Waals surface area (Å²) >= 11 is 0. The molecule has 2 nitrogen and oxygen atoms in total. The van der Waals surface area contributed by atoms with Crippen LogP contribution in [-0.2, 0) is 0 Å². The first-order chi connectivity index (χ1) is 30.7. The molecule has 1 heterocycles. The zero-order valence-electron chi connectivity index (χ0n) is 33.9. The van der Waals surface area contributed by atoms with Crippen LogP contribution in [0.5, 0.6) is 0 Å². The summed E-state index contributed by atoms with van der Waals surface area (Å²) in [4.78, 5) is 2.42. The van der Waals surface area contributed by atoms with E-state index < -0.39 is 0 Å². The molecular formula is C60H39NO. The topological polar surface area (TPSA) is 16.4 Å². The number of fused-ring (bicyclic) bond motifs is 7. The van der Waals surface area contributed by atoms with Crippen molar-refractivity contribution >= 4 is 71.3 Å². The van der Waals surface area contributed by atoms with Crippen LogP contribution >= 0.6 is 0 Å². The predicted octanol–water partition coefficient (Wildman–Crippen LogP) is 17.2. The van der Waals surface area contributed by atoms with Gasteiger partial charge in [-0.15, -0.1) is 0 Å². The maximum Gasteiger partial charge on any atom is 0.143 e. The van der Waals surface area contributed by atoms with Crippen LogP contribution in [0.3, 0.4) is 0 Å². The molecule has 0 saturated heterocycles. The average molecular weight is 790 g/mol. The Labute approximate surface area is 360 Å². The number of hydrogen-bond acceptors (Lipinski definition) is 2. The van der Waals surface area contributed by atoms with Crippen molar-refractivity contribution in [1.82, 2.24) is 0 Å². The number of furan rings is 1. The third-order valence-electron chi connectivity index (χ3n) is 12.5. The van der Waals surface area contributed by atoms with Crippen molar-refractivity contribution in [1.29, 1.82) is 0 Å². The van der Waals surface area contributed by atoms with Gasteiger partial charge >= 0.3 is 0 Å². The number of rotatable bonds is 7. The number of para-hydroxylation sites is 2. The highest BCUT2D eigenvalue weighted by atomic mass is 16.3. The second kappa shape index (κ2) is 14.8. The van der Waals surface area contributed by atoms with E-state index in [2.05, 4.69) is 229 Å². The van der Waals surface area contributed by atoms with Gasteiger partial charge in [0, 0.05) is 33.1 Å². The van der Waals surface area contributed by atoms with E-state index in [9.17, 15) is 0 Å². The Bertz CT molecular complexity index is 3620. The SMILES string of the molecule is c1ccc(-c2ccc3ccccc3c2-c2ccc(N(c3ccc(-c4cccc(-c5cccc6c5oc5ccccc56)c4)cc3)c3cc4ccccc4c4ccccc34)cc2)cc1. The Hall–Kier alpha value is -8.20. The van der Waals surface area contributed by atoms with Crippen LogP contribution in [0, 0.1) is 0 Å². The summed E-state index contributed by atoms with van der Waals surface area (Å²) in [5.74, 6) is 0. The average Bonchev–Trinajstić information content (AvgIpc) is 3.74. The van der Waals surface area contributed by atoms with Crippen molar-refractivity contribution < 1.29 is 4.42 Å². The molecule has 12 rings (SSSR count). The normalized spacial score (nSPS) is 11.5. The van der Waals surface area contributed by atoms with Crippen LogP contribution in [0.1, 0.15) is 0 Å². The van der Waals surface area contributed by atoms with E-state index in [0.29, 0.717) is 0 Å². The quantitative estimate of drug-likeness (QED) is 0.150. The summed E-state index contributed by atoms with van der Waals surface area (Å²) in [6.07, 6.45) is 0. The number of nitrogens with zero attached hydrogens (tertiary/aromatic N) is 1. The van der Waals surface area contributed by atoms with Crippen LogP contribution in [0.2, 0.25) is 0 Å². The minimum atomic E-state index is 0.908. The lowest BCUT2D eigenvalue weighted by molar-refractivity contribution is 0.670. The first kappa shape index (κ1) is 35.7. The predicted molar refractivity (Wildman–Crippen MR) is 263 cm³/mol. The number of anilines is 3. The molecule has 0 spiro atoms. The van der Waals surface area contributed by atoms with E-state index >= 15 is 0 Å². The van der Waals surface area contributed by atoms with Crippen molar-refractivity contribution in [2.24, 2.45) is 0 Å². The Morgan fingerprint density at radius 2 is 0.871 bits per heavy atom. The molecule has 1 aromatic heterocycles. The Morgan fingerprint density at radius 1 is 0.290 bits per heavy atom. The van der Waals surface area contributed by atoms with Gasteiger partial charge in [-0.05, 0) is 108 Å². The van der Waals surface area contributed by atoms with Crippen LogP contribution in [0.4, 0.5) is 17.1 Å². The molecule has 62 heavy (non-hydrogen) atoms. The first-order valence-corrected chi connectivity index (χ1v) is 21.2. The molecule has 12 aromatic rings. The van der Waals surface area contributed by atoms with Crippen molar-refractivity contribution in [3.05, 3.63) is 237 Å². The molecule has 0 unspecified atom stereocenters. The highest BCUT2D eigenvalue weighted by Gasteiger charge is 2.20. The smallest absolute Gasteiger partial charge is 0.143 e. The molecule has 0 radical (unpaired) electrons. The summed E-state index contributed by atoms with van der Waals surface area (Å²) in [5.41, 5.74) is 14.5. The van der Waals surface area contributed by atoms with E-state index in [1.54, 1.807) is 0 Å². The van der Waals surface area contributed by atoms with Crippen molar-refractivity contribution in [3.8, 4) is 44.5 Å². The minimum Gasteiger partial charge on any atom is -0.455 e. The lowest BCUT2D eigenvalue weighted by atomic mass is 9.89. The van der Waals surface area contributed by atoms with Gasteiger partial charge in [-0.1, -0.05) is 194 Å². The molecule has 0 N–H and O–H groups in total. The van der Waals surface area contributed by atoms with Gasteiger partial charge in [0.05, 0.1) is 5.69 Å². The summed E-state index contributed by atoms with van der Waals surface area (Å²) in [6.45, 7) is 0. The largest absolute Gasteiger partial charge is 0.455 e. The zero-order valence-corrected chi connectivity index (χ0v) is 33.9. The van der Waals surface area contributed by atoms with E-state index in [-0.39, 0.29) is 0 Å². The maximum atomic E-state index is 6.44. The molecule has 11 aromatic carbocycles. The molecule has 0 saturated carbocycles. The van der Waals surface area contributed by atoms with Gasteiger partial charge in [-0.3, -0.25) is 0 Å². The third kappa shape index (κ3) is 6.04. The summed E-state index contributed by atoms with van der Waals surface area (Å²) < 4.78 is 6.44. The zero-order chi connectivity index (χ0) is 41.0. The van der Waals surface area contributed by atoms with Gasteiger partial charge in [0.2, 0.25) is 0 Å². The highest BCUT2D eigenvalue weighted by molar-refractivity contribution is 6.15. The van der Waals surface area contributed by atoms with Gasteiger partial charge in [0.25, 0.3) is 0 Å². The Morgan fingerprint density at radius 3 is 1.66 bits per heavy atom. The monoisotopic (exact) mass is 789 g/mol. The molecular weight excluding hydrogens is 751 g/mol. The summed E-state index contributed by atoms with van der Waals surface area (Å²) in [6, 6.07) is 85.5. The van der Waals surface area contributed by atoms with Gasteiger partial charge in [0.15, 0.2) is 0 Å².